The Morgan fingerprint density at radius 2 is 1.86 bits per heavy atom. The molecule has 2 rings (SSSR count). The minimum Gasteiger partial charge on any atom is -0.467 e. The lowest BCUT2D eigenvalue weighted by Crippen LogP contribution is -2.52. The van der Waals surface area contributed by atoms with Gasteiger partial charge in [0.05, 0.1) is 19.2 Å². The number of anilines is 1. The van der Waals surface area contributed by atoms with Gasteiger partial charge in [0.15, 0.2) is 0 Å². The van der Waals surface area contributed by atoms with Crippen molar-refractivity contribution >= 4 is 17.7 Å². The number of rotatable bonds is 7. The molecule has 0 bridgehead atoms. The Morgan fingerprint density at radius 3 is 2.34 bits per heavy atom. The predicted molar refractivity (Wildman–Crippen MR) is 101 cm³/mol. The minimum absolute atomic E-state index is 0.139. The molecule has 0 radical (unpaired) electrons. The molecule has 1 aliphatic rings. The number of pyridine rings is 1. The molecule has 7 nitrogen and oxygen atoms in total. The molecule has 10 heteroatoms. The van der Waals surface area contributed by atoms with Crippen LogP contribution in [0.2, 0.25) is 0 Å². The first kappa shape index (κ1) is 22.9. The Hall–Kier alpha value is -2.36. The zero-order valence-corrected chi connectivity index (χ0v) is 16.8. The van der Waals surface area contributed by atoms with Crippen LogP contribution in [0.15, 0.2) is 18.3 Å². The van der Waals surface area contributed by atoms with Crippen LogP contribution in [-0.2, 0) is 20.5 Å². The number of piperazine rings is 1. The third kappa shape index (κ3) is 6.88. The van der Waals surface area contributed by atoms with E-state index in [-0.39, 0.29) is 18.4 Å². The molecule has 1 atom stereocenters. The van der Waals surface area contributed by atoms with E-state index in [1.54, 1.807) is 0 Å². The third-order valence-corrected chi connectivity index (χ3v) is 4.67. The topological polar surface area (TPSA) is 74.8 Å². The maximum Gasteiger partial charge on any atom is 0.417 e. The van der Waals surface area contributed by atoms with Crippen LogP contribution >= 0.6 is 0 Å². The summed E-state index contributed by atoms with van der Waals surface area (Å²) in [6, 6.07) is 1.70. The largest absolute Gasteiger partial charge is 0.467 e. The number of carbonyl (C=O) groups excluding carboxylic acids is 2. The standard InChI is InChI=1S/C19H27F3N4O3/c1-13(2)10-15(18(28)29-3)24-17(27)12-25-6-8-26(9-7-25)16-5-4-14(11-23-16)19(20,21)22/h4-5,11,13,15H,6-10,12H2,1-3H3,(H,24,27). The van der Waals surface area contributed by atoms with Crippen molar-refractivity contribution in [2.45, 2.75) is 32.5 Å². The van der Waals surface area contributed by atoms with Crippen LogP contribution in [0.4, 0.5) is 19.0 Å². The average molecular weight is 416 g/mol. The lowest BCUT2D eigenvalue weighted by atomic mass is 10.0. The van der Waals surface area contributed by atoms with Crippen LogP contribution < -0.4 is 10.2 Å². The van der Waals surface area contributed by atoms with E-state index in [1.165, 1.54) is 13.2 Å². The monoisotopic (exact) mass is 416 g/mol. The number of esters is 1. The van der Waals surface area contributed by atoms with E-state index in [9.17, 15) is 22.8 Å². The van der Waals surface area contributed by atoms with Crippen LogP contribution in [0.25, 0.3) is 0 Å². The zero-order chi connectivity index (χ0) is 21.6. The number of alkyl halides is 3. The number of nitrogens with one attached hydrogen (secondary N) is 1. The van der Waals surface area contributed by atoms with Crippen molar-refractivity contribution in [1.29, 1.82) is 0 Å². The second-order valence-electron chi connectivity index (χ2n) is 7.44. The summed E-state index contributed by atoms with van der Waals surface area (Å²) >= 11 is 0. The highest BCUT2D eigenvalue weighted by atomic mass is 19.4. The summed E-state index contributed by atoms with van der Waals surface area (Å²) in [5.74, 6) is -0.0311. The molecule has 1 amide bonds. The predicted octanol–water partition coefficient (Wildman–Crippen LogP) is 1.93. The summed E-state index contributed by atoms with van der Waals surface area (Å²) in [5, 5.41) is 2.72. The molecular formula is C19H27F3N4O3. The number of ether oxygens (including phenoxy) is 1. The number of hydrogen-bond donors (Lipinski definition) is 1. The molecular weight excluding hydrogens is 389 g/mol. The molecule has 1 N–H and O–H groups in total. The number of carbonyl (C=O) groups is 2. The Labute approximate surface area is 168 Å². The summed E-state index contributed by atoms with van der Waals surface area (Å²) in [7, 11) is 1.29. The Morgan fingerprint density at radius 1 is 1.21 bits per heavy atom. The number of amides is 1. The first-order valence-electron chi connectivity index (χ1n) is 9.48. The molecule has 0 aromatic carbocycles. The lowest BCUT2D eigenvalue weighted by Gasteiger charge is -2.35. The van der Waals surface area contributed by atoms with Gasteiger partial charge >= 0.3 is 12.1 Å². The summed E-state index contributed by atoms with van der Waals surface area (Å²) in [4.78, 5) is 31.9. The number of nitrogens with zero attached hydrogens (tertiary/aromatic N) is 3. The van der Waals surface area contributed by atoms with Crippen LogP contribution in [-0.4, -0.2) is 67.6 Å². The van der Waals surface area contributed by atoms with Crippen molar-refractivity contribution in [1.82, 2.24) is 15.2 Å². The van der Waals surface area contributed by atoms with E-state index in [0.717, 1.165) is 12.3 Å². The molecule has 1 aliphatic heterocycles. The number of hydrogen-bond acceptors (Lipinski definition) is 6. The highest BCUT2D eigenvalue weighted by Crippen LogP contribution is 2.29. The molecule has 29 heavy (non-hydrogen) atoms. The van der Waals surface area contributed by atoms with Gasteiger partial charge in [-0.05, 0) is 24.5 Å². The van der Waals surface area contributed by atoms with Crippen LogP contribution in [0.3, 0.4) is 0 Å². The molecule has 162 valence electrons. The number of aromatic nitrogens is 1. The van der Waals surface area contributed by atoms with E-state index in [1.807, 2.05) is 23.6 Å². The quantitative estimate of drug-likeness (QED) is 0.685. The van der Waals surface area contributed by atoms with Crippen molar-refractivity contribution in [2.75, 3.05) is 44.7 Å². The smallest absolute Gasteiger partial charge is 0.417 e. The average Bonchev–Trinajstić information content (AvgIpc) is 2.66. The van der Waals surface area contributed by atoms with E-state index >= 15 is 0 Å². The second kappa shape index (κ2) is 9.91. The first-order chi connectivity index (χ1) is 13.6. The fourth-order valence-electron chi connectivity index (χ4n) is 3.15. The zero-order valence-electron chi connectivity index (χ0n) is 16.8. The maximum absolute atomic E-state index is 12.6. The molecule has 0 spiro atoms. The normalized spacial score (nSPS) is 16.6. The molecule has 1 saturated heterocycles. The SMILES string of the molecule is COC(=O)C(CC(C)C)NC(=O)CN1CCN(c2ccc(C(F)(F)F)cn2)CC1. The summed E-state index contributed by atoms with van der Waals surface area (Å²) in [6.07, 6.45) is -3.09. The maximum atomic E-state index is 12.6. The van der Waals surface area contributed by atoms with Gasteiger partial charge in [-0.2, -0.15) is 13.2 Å². The Kier molecular flexibility index (Phi) is 7.83. The highest BCUT2D eigenvalue weighted by Gasteiger charge is 2.31. The molecule has 1 aromatic heterocycles. The molecule has 1 unspecified atom stereocenters. The van der Waals surface area contributed by atoms with E-state index in [4.69, 9.17) is 4.74 Å². The van der Waals surface area contributed by atoms with Crippen molar-refractivity contribution in [2.24, 2.45) is 5.92 Å². The minimum atomic E-state index is -4.41. The molecule has 0 aliphatic carbocycles. The van der Waals surface area contributed by atoms with Gasteiger partial charge in [0.1, 0.15) is 11.9 Å². The third-order valence-electron chi connectivity index (χ3n) is 4.67. The van der Waals surface area contributed by atoms with Crippen molar-refractivity contribution in [3.05, 3.63) is 23.9 Å². The van der Waals surface area contributed by atoms with Crippen LogP contribution in [0, 0.1) is 5.92 Å². The van der Waals surface area contributed by atoms with Gasteiger partial charge in [0, 0.05) is 32.4 Å². The summed E-state index contributed by atoms with van der Waals surface area (Å²) in [5.41, 5.74) is -0.780. The van der Waals surface area contributed by atoms with Crippen LogP contribution in [0.5, 0.6) is 0 Å². The number of halogens is 3. The van der Waals surface area contributed by atoms with Crippen molar-refractivity contribution in [3.8, 4) is 0 Å². The van der Waals surface area contributed by atoms with Gasteiger partial charge in [-0.25, -0.2) is 9.78 Å². The summed E-state index contributed by atoms with van der Waals surface area (Å²) in [6.45, 7) is 6.25. The Bertz CT molecular complexity index is 687. The van der Waals surface area contributed by atoms with Crippen LogP contribution in [0.1, 0.15) is 25.8 Å². The van der Waals surface area contributed by atoms with Gasteiger partial charge < -0.3 is 15.0 Å². The van der Waals surface area contributed by atoms with Gasteiger partial charge in [0.2, 0.25) is 5.91 Å². The summed E-state index contributed by atoms with van der Waals surface area (Å²) < 4.78 is 42.7. The fraction of sp³-hybridized carbons (Fsp3) is 0.632. The fourth-order valence-corrected chi connectivity index (χ4v) is 3.15. The Balaban J connectivity index is 1.84. The molecule has 1 fully saturated rings. The van der Waals surface area contributed by atoms with Gasteiger partial charge in [-0.3, -0.25) is 9.69 Å². The first-order valence-corrected chi connectivity index (χ1v) is 9.48. The van der Waals surface area contributed by atoms with E-state index in [2.05, 4.69) is 10.3 Å². The van der Waals surface area contributed by atoms with Gasteiger partial charge in [-0.1, -0.05) is 13.8 Å². The lowest BCUT2D eigenvalue weighted by molar-refractivity contribution is -0.145. The molecule has 2 heterocycles. The van der Waals surface area contributed by atoms with Crippen molar-refractivity contribution in [3.63, 3.8) is 0 Å². The van der Waals surface area contributed by atoms with Gasteiger partial charge in [0.25, 0.3) is 0 Å². The van der Waals surface area contributed by atoms with Gasteiger partial charge in [-0.15, -0.1) is 0 Å². The molecule has 0 saturated carbocycles. The second-order valence-corrected chi connectivity index (χ2v) is 7.44. The number of methoxy groups -OCH3 is 1. The van der Waals surface area contributed by atoms with E-state index < -0.39 is 23.8 Å². The van der Waals surface area contributed by atoms with Crippen molar-refractivity contribution < 1.29 is 27.5 Å². The highest BCUT2D eigenvalue weighted by molar-refractivity contribution is 5.85. The molecule has 1 aromatic rings. The van der Waals surface area contributed by atoms with E-state index in [0.29, 0.717) is 38.4 Å².